The highest BCUT2D eigenvalue weighted by atomic mass is 16.6. The number of rotatable bonds is 5. The van der Waals surface area contributed by atoms with Crippen molar-refractivity contribution in [1.29, 1.82) is 0 Å². The first kappa shape index (κ1) is 17.0. The number of non-ortho nitro benzene ring substituents is 1. The van der Waals surface area contributed by atoms with Crippen LogP contribution in [0.25, 0.3) is 0 Å². The van der Waals surface area contributed by atoms with Crippen molar-refractivity contribution in [3.05, 3.63) is 69.8 Å². The largest absolute Gasteiger partial charge is 0.484 e. The number of ether oxygens (including phenoxy) is 1. The third-order valence-electron chi connectivity index (χ3n) is 4.59. The molecule has 0 radical (unpaired) electrons. The molecule has 0 fully saturated rings. The summed E-state index contributed by atoms with van der Waals surface area (Å²) in [6, 6.07) is 14.1. The van der Waals surface area contributed by atoms with Gasteiger partial charge in [-0.2, -0.15) is 0 Å². The third kappa shape index (κ3) is 3.79. The summed E-state index contributed by atoms with van der Waals surface area (Å²) < 4.78 is 5.46. The average Bonchev–Trinajstić information content (AvgIpc) is 2.65. The van der Waals surface area contributed by atoms with Crippen LogP contribution in [0.3, 0.4) is 0 Å². The van der Waals surface area contributed by atoms with Crippen LogP contribution in [0.15, 0.2) is 48.5 Å². The fourth-order valence-electron chi connectivity index (χ4n) is 3.24. The molecule has 0 bridgehead atoms. The summed E-state index contributed by atoms with van der Waals surface area (Å²) >= 11 is 0. The van der Waals surface area contributed by atoms with Crippen molar-refractivity contribution >= 4 is 11.6 Å². The summed E-state index contributed by atoms with van der Waals surface area (Å²) in [5.41, 5.74) is 2.43. The Bertz CT molecular complexity index is 790. The van der Waals surface area contributed by atoms with Crippen LogP contribution in [0.1, 0.15) is 30.0 Å². The molecule has 0 spiro atoms. The molecule has 130 valence electrons. The Morgan fingerprint density at radius 3 is 2.88 bits per heavy atom. The van der Waals surface area contributed by atoms with E-state index in [0.29, 0.717) is 5.75 Å². The molecule has 0 saturated heterocycles. The summed E-state index contributed by atoms with van der Waals surface area (Å²) in [6.45, 7) is -0.143. The molecule has 2 aromatic carbocycles. The topological polar surface area (TPSA) is 72.7 Å². The van der Waals surface area contributed by atoms with Gasteiger partial charge in [0.05, 0.1) is 17.0 Å². The first-order valence-corrected chi connectivity index (χ1v) is 8.27. The zero-order chi connectivity index (χ0) is 17.8. The van der Waals surface area contributed by atoms with Gasteiger partial charge in [-0.25, -0.2) is 0 Å². The van der Waals surface area contributed by atoms with Gasteiger partial charge in [0.25, 0.3) is 11.6 Å². The number of nitrogens with zero attached hydrogens (tertiary/aromatic N) is 2. The maximum atomic E-state index is 12.5. The van der Waals surface area contributed by atoms with E-state index in [1.165, 1.54) is 23.3 Å². The van der Waals surface area contributed by atoms with Gasteiger partial charge in [-0.1, -0.05) is 30.3 Å². The van der Waals surface area contributed by atoms with E-state index < -0.39 is 4.92 Å². The molecule has 2 aromatic rings. The SMILES string of the molecule is CN(C(=O)COc1cccc([N+](=O)[O-])c1)C1CCCc2ccccc21. The molecule has 6 nitrogen and oxygen atoms in total. The summed E-state index contributed by atoms with van der Waals surface area (Å²) in [7, 11) is 1.78. The number of fused-ring (bicyclic) bond motifs is 1. The predicted octanol–water partition coefficient (Wildman–Crippen LogP) is 3.51. The maximum absolute atomic E-state index is 12.5. The number of nitro groups is 1. The maximum Gasteiger partial charge on any atom is 0.273 e. The van der Waals surface area contributed by atoms with Crippen molar-refractivity contribution in [2.45, 2.75) is 25.3 Å². The highest BCUT2D eigenvalue weighted by Gasteiger charge is 2.26. The normalized spacial score (nSPS) is 16.0. The van der Waals surface area contributed by atoms with Gasteiger partial charge < -0.3 is 9.64 Å². The highest BCUT2D eigenvalue weighted by molar-refractivity contribution is 5.78. The number of benzene rings is 2. The molecule has 25 heavy (non-hydrogen) atoms. The van der Waals surface area contributed by atoms with Gasteiger partial charge in [-0.15, -0.1) is 0 Å². The van der Waals surface area contributed by atoms with E-state index in [2.05, 4.69) is 12.1 Å². The van der Waals surface area contributed by atoms with Crippen LogP contribution in [-0.4, -0.2) is 29.4 Å². The van der Waals surface area contributed by atoms with Crippen LogP contribution in [0.5, 0.6) is 5.75 Å². The van der Waals surface area contributed by atoms with Crippen molar-refractivity contribution < 1.29 is 14.5 Å². The second-order valence-electron chi connectivity index (χ2n) is 6.15. The van der Waals surface area contributed by atoms with E-state index >= 15 is 0 Å². The Hall–Kier alpha value is -2.89. The van der Waals surface area contributed by atoms with E-state index in [9.17, 15) is 14.9 Å². The molecule has 1 amide bonds. The third-order valence-corrected chi connectivity index (χ3v) is 4.59. The minimum absolute atomic E-state index is 0.0474. The van der Waals surface area contributed by atoms with E-state index in [1.54, 1.807) is 24.1 Å². The molecule has 1 aliphatic carbocycles. The number of hydrogen-bond acceptors (Lipinski definition) is 4. The lowest BCUT2D eigenvalue weighted by atomic mass is 9.87. The summed E-state index contributed by atoms with van der Waals surface area (Å²) in [4.78, 5) is 24.5. The smallest absolute Gasteiger partial charge is 0.273 e. The van der Waals surface area contributed by atoms with Crippen molar-refractivity contribution in [1.82, 2.24) is 4.90 Å². The monoisotopic (exact) mass is 340 g/mol. The summed E-state index contributed by atoms with van der Waals surface area (Å²) in [6.07, 6.45) is 3.01. The van der Waals surface area contributed by atoms with Gasteiger partial charge in [-0.05, 0) is 36.5 Å². The second-order valence-corrected chi connectivity index (χ2v) is 6.15. The molecule has 3 rings (SSSR count). The number of carbonyl (C=O) groups is 1. The van der Waals surface area contributed by atoms with E-state index in [1.807, 2.05) is 12.1 Å². The zero-order valence-corrected chi connectivity index (χ0v) is 14.1. The predicted molar refractivity (Wildman–Crippen MR) is 93.5 cm³/mol. The molecule has 0 N–H and O–H groups in total. The molecule has 1 unspecified atom stereocenters. The van der Waals surface area contributed by atoms with Crippen molar-refractivity contribution in [2.24, 2.45) is 0 Å². The molecule has 0 saturated carbocycles. The molecule has 6 heteroatoms. The van der Waals surface area contributed by atoms with E-state index in [-0.39, 0.29) is 24.2 Å². The molecular formula is C19H20N2O4. The number of amides is 1. The fraction of sp³-hybridized carbons (Fsp3) is 0.316. The van der Waals surface area contributed by atoms with Crippen molar-refractivity contribution in [3.63, 3.8) is 0 Å². The Balaban J connectivity index is 1.66. The fourth-order valence-corrected chi connectivity index (χ4v) is 3.24. The zero-order valence-electron chi connectivity index (χ0n) is 14.1. The minimum Gasteiger partial charge on any atom is -0.484 e. The molecule has 0 aromatic heterocycles. The van der Waals surface area contributed by atoms with Gasteiger partial charge in [0.2, 0.25) is 0 Å². The van der Waals surface area contributed by atoms with Crippen LogP contribution in [-0.2, 0) is 11.2 Å². The summed E-state index contributed by atoms with van der Waals surface area (Å²) in [5, 5.41) is 10.8. The van der Waals surface area contributed by atoms with E-state index in [4.69, 9.17) is 4.74 Å². The Morgan fingerprint density at radius 2 is 2.08 bits per heavy atom. The number of nitro benzene ring substituents is 1. The number of carbonyl (C=O) groups excluding carboxylic acids is 1. The van der Waals surface area contributed by atoms with Gasteiger partial charge in [0, 0.05) is 13.1 Å². The molecular weight excluding hydrogens is 320 g/mol. The first-order chi connectivity index (χ1) is 12.1. The average molecular weight is 340 g/mol. The van der Waals surface area contributed by atoms with E-state index in [0.717, 1.165) is 19.3 Å². The van der Waals surface area contributed by atoms with Crippen molar-refractivity contribution in [3.8, 4) is 5.75 Å². The van der Waals surface area contributed by atoms with Gasteiger partial charge in [-0.3, -0.25) is 14.9 Å². The van der Waals surface area contributed by atoms with Gasteiger partial charge in [0.15, 0.2) is 6.61 Å². The Kier molecular flexibility index (Phi) is 4.97. The quantitative estimate of drug-likeness (QED) is 0.617. The van der Waals surface area contributed by atoms with Gasteiger partial charge in [0.1, 0.15) is 5.75 Å². The van der Waals surface area contributed by atoms with Gasteiger partial charge >= 0.3 is 0 Å². The summed E-state index contributed by atoms with van der Waals surface area (Å²) in [5.74, 6) is 0.174. The van der Waals surface area contributed by atoms with Crippen molar-refractivity contribution in [2.75, 3.05) is 13.7 Å². The number of hydrogen-bond donors (Lipinski definition) is 0. The lowest BCUT2D eigenvalue weighted by Gasteiger charge is -2.33. The first-order valence-electron chi connectivity index (χ1n) is 8.27. The lowest BCUT2D eigenvalue weighted by molar-refractivity contribution is -0.384. The Morgan fingerprint density at radius 1 is 1.28 bits per heavy atom. The molecule has 0 heterocycles. The van der Waals surface area contributed by atoms with Crippen LogP contribution >= 0.6 is 0 Å². The van der Waals surface area contributed by atoms with Crippen LogP contribution in [0.2, 0.25) is 0 Å². The molecule has 0 aliphatic heterocycles. The standard InChI is InChI=1S/C19H20N2O4/c1-20(18-11-4-7-14-6-2-3-10-17(14)18)19(22)13-25-16-9-5-8-15(12-16)21(23)24/h2-3,5-6,8-10,12,18H,4,7,11,13H2,1H3. The minimum atomic E-state index is -0.486. The van der Waals surface area contributed by atoms with Crippen LogP contribution in [0, 0.1) is 10.1 Å². The van der Waals surface area contributed by atoms with Crippen LogP contribution in [0.4, 0.5) is 5.69 Å². The number of likely N-dealkylation sites (N-methyl/N-ethyl adjacent to an activating group) is 1. The molecule has 1 aliphatic rings. The lowest BCUT2D eigenvalue weighted by Crippen LogP contribution is -2.36. The second kappa shape index (κ2) is 7.34. The number of aryl methyl sites for hydroxylation is 1. The van der Waals surface area contributed by atoms with Crippen LogP contribution < -0.4 is 4.74 Å². The highest BCUT2D eigenvalue weighted by Crippen LogP contribution is 2.33. The Labute approximate surface area is 146 Å². The molecule has 1 atom stereocenters.